The molecule has 0 saturated heterocycles. The van der Waals surface area contributed by atoms with E-state index < -0.39 is 0 Å². The number of hydrogen-bond acceptors (Lipinski definition) is 1. The monoisotopic (exact) mass is 270 g/mol. The van der Waals surface area contributed by atoms with E-state index in [1.54, 1.807) is 0 Å². The van der Waals surface area contributed by atoms with Crippen molar-refractivity contribution >= 4 is 5.69 Å². The second-order valence-corrected chi connectivity index (χ2v) is 6.37. The predicted molar refractivity (Wildman–Crippen MR) is 87.2 cm³/mol. The largest absolute Gasteiger partial charge is 0.379 e. The molecule has 0 aliphatic carbocycles. The molecular weight excluding hydrogens is 244 g/mol. The number of nitrogens with zero attached hydrogens (tertiary/aromatic N) is 1. The number of rotatable bonds is 5. The summed E-state index contributed by atoms with van der Waals surface area (Å²) in [4.78, 5) is 0. The lowest BCUT2D eigenvalue weighted by molar-refractivity contribution is 0.590. The van der Waals surface area contributed by atoms with Gasteiger partial charge in [-0.05, 0) is 41.7 Å². The lowest BCUT2D eigenvalue weighted by Gasteiger charge is -2.19. The Hall–Kier alpha value is -1.70. The van der Waals surface area contributed by atoms with Gasteiger partial charge in [-0.3, -0.25) is 0 Å². The number of benzene rings is 1. The van der Waals surface area contributed by atoms with Gasteiger partial charge in [-0.2, -0.15) is 0 Å². The van der Waals surface area contributed by atoms with Crippen LogP contribution in [0.15, 0.2) is 42.6 Å². The first kappa shape index (κ1) is 14.7. The number of aromatic nitrogens is 1. The maximum absolute atomic E-state index is 3.50. The van der Waals surface area contributed by atoms with Gasteiger partial charge in [0.15, 0.2) is 0 Å². The Morgan fingerprint density at radius 2 is 1.75 bits per heavy atom. The van der Waals surface area contributed by atoms with Crippen LogP contribution < -0.4 is 5.32 Å². The maximum atomic E-state index is 3.50. The number of nitrogens with one attached hydrogen (secondary N) is 1. The highest BCUT2D eigenvalue weighted by Gasteiger charge is 2.12. The number of hydrogen-bond donors (Lipinski definition) is 1. The molecule has 0 unspecified atom stereocenters. The zero-order chi connectivity index (χ0) is 14.6. The van der Waals surface area contributed by atoms with Gasteiger partial charge in [0.1, 0.15) is 0 Å². The van der Waals surface area contributed by atoms with E-state index in [0.29, 0.717) is 0 Å². The van der Waals surface area contributed by atoms with Crippen LogP contribution in [0.2, 0.25) is 0 Å². The molecule has 1 aromatic carbocycles. The molecule has 2 nitrogen and oxygen atoms in total. The molecule has 0 atom stereocenters. The van der Waals surface area contributed by atoms with Crippen molar-refractivity contribution in [1.29, 1.82) is 0 Å². The van der Waals surface area contributed by atoms with Crippen molar-refractivity contribution < 1.29 is 0 Å². The van der Waals surface area contributed by atoms with Crippen molar-refractivity contribution in [3.05, 3.63) is 53.9 Å². The fraction of sp³-hybridized carbons (Fsp3) is 0.444. The average molecular weight is 270 g/mol. The quantitative estimate of drug-likeness (QED) is 0.825. The number of aryl methyl sites for hydroxylation is 1. The molecule has 2 rings (SSSR count). The predicted octanol–water partition coefficient (Wildman–Crippen LogP) is 4.81. The molecular formula is C18H26N2. The molecule has 0 bridgehead atoms. The highest BCUT2D eigenvalue weighted by molar-refractivity contribution is 5.46. The summed E-state index contributed by atoms with van der Waals surface area (Å²) in [6.45, 7) is 10.9. The first-order chi connectivity index (χ1) is 9.50. The van der Waals surface area contributed by atoms with E-state index in [0.717, 1.165) is 13.1 Å². The lowest BCUT2D eigenvalue weighted by atomic mass is 9.87. The Kier molecular flexibility index (Phi) is 4.53. The first-order valence-electron chi connectivity index (χ1n) is 7.49. The molecule has 0 saturated carbocycles. The van der Waals surface area contributed by atoms with Crippen LogP contribution in [0, 0.1) is 0 Å². The highest BCUT2D eigenvalue weighted by atomic mass is 15.0. The third-order valence-corrected chi connectivity index (χ3v) is 3.61. The van der Waals surface area contributed by atoms with Crippen LogP contribution in [-0.2, 0) is 18.5 Å². The Morgan fingerprint density at radius 1 is 1.05 bits per heavy atom. The van der Waals surface area contributed by atoms with E-state index in [2.05, 4.69) is 80.2 Å². The Morgan fingerprint density at radius 3 is 2.35 bits per heavy atom. The molecule has 0 radical (unpaired) electrons. The average Bonchev–Trinajstić information content (AvgIpc) is 2.84. The second-order valence-electron chi connectivity index (χ2n) is 6.37. The third kappa shape index (κ3) is 3.66. The standard InChI is InChI=1S/C18H26N2/c1-5-12-20-13-6-7-17(20)14-19-16-10-8-15(9-11-16)18(2,3)4/h6-11,13,19H,5,12,14H2,1-4H3. The summed E-state index contributed by atoms with van der Waals surface area (Å²) in [5.74, 6) is 0. The smallest absolute Gasteiger partial charge is 0.0553 e. The summed E-state index contributed by atoms with van der Waals surface area (Å²) in [6, 6.07) is 13.1. The Labute approximate surface area is 122 Å². The van der Waals surface area contributed by atoms with Crippen LogP contribution in [0.1, 0.15) is 45.4 Å². The fourth-order valence-corrected chi connectivity index (χ4v) is 2.35. The minimum atomic E-state index is 0.217. The third-order valence-electron chi connectivity index (χ3n) is 3.61. The van der Waals surface area contributed by atoms with Gasteiger partial charge in [0.25, 0.3) is 0 Å². The lowest BCUT2D eigenvalue weighted by Crippen LogP contribution is -2.11. The van der Waals surface area contributed by atoms with Crippen LogP contribution in [0.5, 0.6) is 0 Å². The van der Waals surface area contributed by atoms with Crippen LogP contribution in [0.4, 0.5) is 5.69 Å². The van der Waals surface area contributed by atoms with Gasteiger partial charge in [0.05, 0.1) is 6.54 Å². The molecule has 0 spiro atoms. The second kappa shape index (κ2) is 6.17. The summed E-state index contributed by atoms with van der Waals surface area (Å²) < 4.78 is 2.32. The highest BCUT2D eigenvalue weighted by Crippen LogP contribution is 2.23. The molecule has 2 heteroatoms. The topological polar surface area (TPSA) is 17.0 Å². The van der Waals surface area contributed by atoms with Gasteiger partial charge < -0.3 is 9.88 Å². The van der Waals surface area contributed by atoms with Gasteiger partial charge in [0, 0.05) is 24.1 Å². The molecule has 0 fully saturated rings. The van der Waals surface area contributed by atoms with Crippen LogP contribution >= 0.6 is 0 Å². The van der Waals surface area contributed by atoms with Crippen molar-refractivity contribution in [3.8, 4) is 0 Å². The van der Waals surface area contributed by atoms with Gasteiger partial charge in [-0.25, -0.2) is 0 Å². The van der Waals surface area contributed by atoms with E-state index in [9.17, 15) is 0 Å². The van der Waals surface area contributed by atoms with Gasteiger partial charge in [0.2, 0.25) is 0 Å². The van der Waals surface area contributed by atoms with Crippen LogP contribution in [-0.4, -0.2) is 4.57 Å². The minimum Gasteiger partial charge on any atom is -0.379 e. The molecule has 1 N–H and O–H groups in total. The van der Waals surface area contributed by atoms with E-state index in [4.69, 9.17) is 0 Å². The van der Waals surface area contributed by atoms with E-state index in [1.165, 1.54) is 23.4 Å². The summed E-state index contributed by atoms with van der Waals surface area (Å²) >= 11 is 0. The van der Waals surface area contributed by atoms with Crippen LogP contribution in [0.3, 0.4) is 0 Å². The minimum absolute atomic E-state index is 0.217. The molecule has 108 valence electrons. The van der Waals surface area contributed by atoms with Gasteiger partial charge in [-0.15, -0.1) is 0 Å². The fourth-order valence-electron chi connectivity index (χ4n) is 2.35. The summed E-state index contributed by atoms with van der Waals surface area (Å²) in [5, 5.41) is 3.50. The van der Waals surface area contributed by atoms with Crippen molar-refractivity contribution in [3.63, 3.8) is 0 Å². The summed E-state index contributed by atoms with van der Waals surface area (Å²) in [7, 11) is 0. The number of anilines is 1. The zero-order valence-corrected chi connectivity index (χ0v) is 13.1. The van der Waals surface area contributed by atoms with Gasteiger partial charge in [-0.1, -0.05) is 39.8 Å². The molecule has 0 aliphatic heterocycles. The molecule has 0 amide bonds. The van der Waals surface area contributed by atoms with E-state index in [1.807, 2.05) is 0 Å². The zero-order valence-electron chi connectivity index (χ0n) is 13.1. The normalized spacial score (nSPS) is 11.6. The molecule has 0 aliphatic rings. The van der Waals surface area contributed by atoms with Crippen molar-refractivity contribution in [1.82, 2.24) is 4.57 Å². The van der Waals surface area contributed by atoms with Crippen molar-refractivity contribution in [2.75, 3.05) is 5.32 Å². The maximum Gasteiger partial charge on any atom is 0.0553 e. The first-order valence-corrected chi connectivity index (χ1v) is 7.49. The van der Waals surface area contributed by atoms with E-state index in [-0.39, 0.29) is 5.41 Å². The molecule has 1 heterocycles. The molecule has 20 heavy (non-hydrogen) atoms. The SMILES string of the molecule is CCCn1cccc1CNc1ccc(C(C)(C)C)cc1. The van der Waals surface area contributed by atoms with Crippen molar-refractivity contribution in [2.45, 2.75) is 52.6 Å². The Bertz CT molecular complexity index is 529. The summed E-state index contributed by atoms with van der Waals surface area (Å²) in [5.41, 5.74) is 4.11. The van der Waals surface area contributed by atoms with Gasteiger partial charge >= 0.3 is 0 Å². The van der Waals surface area contributed by atoms with E-state index >= 15 is 0 Å². The van der Waals surface area contributed by atoms with Crippen LogP contribution in [0.25, 0.3) is 0 Å². The molecule has 1 aromatic heterocycles. The summed E-state index contributed by atoms with van der Waals surface area (Å²) in [6.07, 6.45) is 3.32. The molecule has 2 aromatic rings. The Balaban J connectivity index is 1.99. The van der Waals surface area contributed by atoms with Crippen molar-refractivity contribution in [2.24, 2.45) is 0 Å².